The fourth-order valence-electron chi connectivity index (χ4n) is 3.48. The maximum absolute atomic E-state index is 5.56. The maximum Gasteiger partial charge on any atom is 0.102 e. The van der Waals surface area contributed by atoms with Gasteiger partial charge in [0.25, 0.3) is 0 Å². The molecule has 0 radical (unpaired) electrons. The standard InChI is InChI=1S/C26H28N2S4/c1-17-7-12-23(24(13-17)26(31)27-3)18(2)20-6-4-5-19(14-20)15-28-25(30)16-32-22-10-8-21(29)9-11-22/h4-12,14,17,29H,2,13,15-16H2,1,3H3,(H,27,31)(H,28,30). The molecule has 2 aromatic carbocycles. The van der Waals surface area contributed by atoms with Gasteiger partial charge in [-0.2, -0.15) is 0 Å². The SMILES string of the molecule is C=C(C1=C(C(=S)NC)CC(C)C=C1)c1cccc(CNC(=S)CSc2ccc(S)cc2)c1. The van der Waals surface area contributed by atoms with E-state index in [1.54, 1.807) is 11.8 Å². The lowest BCUT2D eigenvalue weighted by atomic mass is 9.85. The Hall–Kier alpha value is -1.86. The van der Waals surface area contributed by atoms with Crippen LogP contribution in [0.5, 0.6) is 0 Å². The van der Waals surface area contributed by atoms with E-state index >= 15 is 0 Å². The number of allylic oxidation sites excluding steroid dienone is 4. The van der Waals surface area contributed by atoms with Gasteiger partial charge in [-0.05, 0) is 70.5 Å². The van der Waals surface area contributed by atoms with Crippen LogP contribution in [-0.4, -0.2) is 22.8 Å². The highest BCUT2D eigenvalue weighted by atomic mass is 32.2. The van der Waals surface area contributed by atoms with Gasteiger partial charge < -0.3 is 10.6 Å². The Labute approximate surface area is 212 Å². The summed E-state index contributed by atoms with van der Waals surface area (Å²) in [5, 5.41) is 6.51. The molecule has 0 heterocycles. The third kappa shape index (κ3) is 6.82. The normalized spacial score (nSPS) is 15.4. The zero-order chi connectivity index (χ0) is 23.1. The van der Waals surface area contributed by atoms with E-state index in [9.17, 15) is 0 Å². The van der Waals surface area contributed by atoms with E-state index in [4.69, 9.17) is 24.4 Å². The zero-order valence-electron chi connectivity index (χ0n) is 18.4. The van der Waals surface area contributed by atoms with Crippen molar-refractivity contribution >= 4 is 64.4 Å². The lowest BCUT2D eigenvalue weighted by molar-refractivity contribution is 0.718. The molecule has 1 unspecified atom stereocenters. The molecule has 2 nitrogen and oxygen atoms in total. The predicted molar refractivity (Wildman–Crippen MR) is 151 cm³/mol. The Kier molecular flexibility index (Phi) is 9.17. The van der Waals surface area contributed by atoms with Gasteiger partial charge in [0.1, 0.15) is 4.99 Å². The number of thioether (sulfide) groups is 1. The first-order chi connectivity index (χ1) is 15.4. The van der Waals surface area contributed by atoms with E-state index in [2.05, 4.69) is 85.3 Å². The summed E-state index contributed by atoms with van der Waals surface area (Å²) in [6.07, 6.45) is 5.31. The number of rotatable bonds is 8. The molecule has 0 aromatic heterocycles. The van der Waals surface area contributed by atoms with Gasteiger partial charge in [-0.1, -0.05) is 68.3 Å². The summed E-state index contributed by atoms with van der Waals surface area (Å²) in [7, 11) is 1.88. The average molecular weight is 497 g/mol. The second-order valence-electron chi connectivity index (χ2n) is 7.75. The molecule has 0 amide bonds. The van der Waals surface area contributed by atoms with E-state index in [0.717, 1.165) is 49.3 Å². The molecule has 2 aromatic rings. The minimum Gasteiger partial charge on any atom is -0.379 e. The second kappa shape index (κ2) is 11.8. The van der Waals surface area contributed by atoms with Crippen molar-refractivity contribution in [1.82, 2.24) is 10.6 Å². The van der Waals surface area contributed by atoms with Crippen LogP contribution in [0.4, 0.5) is 0 Å². The Morgan fingerprint density at radius 3 is 2.66 bits per heavy atom. The lowest BCUT2D eigenvalue weighted by Gasteiger charge is -2.22. The Morgan fingerprint density at radius 1 is 1.19 bits per heavy atom. The van der Waals surface area contributed by atoms with Crippen molar-refractivity contribution in [3.8, 4) is 0 Å². The maximum atomic E-state index is 5.56. The van der Waals surface area contributed by atoms with Gasteiger partial charge in [0.05, 0.1) is 4.99 Å². The number of hydrogen-bond acceptors (Lipinski definition) is 4. The molecular formula is C26H28N2S4. The second-order valence-corrected chi connectivity index (χ2v) is 10.2. The molecule has 1 atom stereocenters. The quantitative estimate of drug-likeness (QED) is 0.216. The summed E-state index contributed by atoms with van der Waals surface area (Å²) >= 11 is 17.1. The summed E-state index contributed by atoms with van der Waals surface area (Å²) < 4.78 is 0. The Morgan fingerprint density at radius 2 is 1.94 bits per heavy atom. The largest absolute Gasteiger partial charge is 0.379 e. The topological polar surface area (TPSA) is 24.1 Å². The van der Waals surface area contributed by atoms with Crippen molar-refractivity contribution in [2.75, 3.05) is 12.8 Å². The van der Waals surface area contributed by atoms with Crippen molar-refractivity contribution in [2.24, 2.45) is 5.92 Å². The molecule has 1 aliphatic carbocycles. The molecule has 1 aliphatic rings. The summed E-state index contributed by atoms with van der Waals surface area (Å²) in [5.74, 6) is 1.21. The fourth-order valence-corrected chi connectivity index (χ4v) is 4.80. The van der Waals surface area contributed by atoms with Crippen LogP contribution in [0, 0.1) is 5.92 Å². The Balaban J connectivity index is 1.64. The first-order valence-corrected chi connectivity index (χ1v) is 12.7. The number of thiocarbonyl (C=S) groups is 2. The fraction of sp³-hybridized carbons (Fsp3) is 0.231. The summed E-state index contributed by atoms with van der Waals surface area (Å²) in [5.41, 5.74) is 5.54. The lowest BCUT2D eigenvalue weighted by Crippen LogP contribution is -2.23. The molecule has 0 fully saturated rings. The number of benzene rings is 2. The van der Waals surface area contributed by atoms with Crippen LogP contribution >= 0.6 is 48.8 Å². The molecule has 0 saturated heterocycles. The molecule has 0 aliphatic heterocycles. The average Bonchev–Trinajstić information content (AvgIpc) is 2.81. The van der Waals surface area contributed by atoms with Gasteiger partial charge in [0, 0.05) is 29.1 Å². The third-order valence-corrected chi connectivity index (χ3v) is 7.50. The van der Waals surface area contributed by atoms with E-state index in [1.807, 2.05) is 19.2 Å². The first kappa shape index (κ1) is 24.8. The molecular weight excluding hydrogens is 469 g/mol. The van der Waals surface area contributed by atoms with Crippen LogP contribution in [0.1, 0.15) is 24.5 Å². The molecule has 2 N–H and O–H groups in total. The van der Waals surface area contributed by atoms with E-state index in [-0.39, 0.29) is 0 Å². The number of thiol groups is 1. The van der Waals surface area contributed by atoms with Gasteiger partial charge in [0.15, 0.2) is 0 Å². The molecule has 3 rings (SSSR count). The predicted octanol–water partition coefficient (Wildman–Crippen LogP) is 6.64. The van der Waals surface area contributed by atoms with Crippen LogP contribution in [-0.2, 0) is 6.54 Å². The minimum absolute atomic E-state index is 0.470. The molecule has 0 spiro atoms. The van der Waals surface area contributed by atoms with Gasteiger partial charge in [-0.15, -0.1) is 24.4 Å². The monoisotopic (exact) mass is 496 g/mol. The van der Waals surface area contributed by atoms with Gasteiger partial charge in [0.2, 0.25) is 0 Å². The number of nitrogens with one attached hydrogen (secondary N) is 2. The molecule has 0 bridgehead atoms. The third-order valence-electron chi connectivity index (χ3n) is 5.24. The van der Waals surface area contributed by atoms with Crippen LogP contribution in [0.25, 0.3) is 5.57 Å². The summed E-state index contributed by atoms with van der Waals surface area (Å²) in [6.45, 7) is 7.28. The molecule has 6 heteroatoms. The smallest absolute Gasteiger partial charge is 0.102 e. The van der Waals surface area contributed by atoms with Crippen LogP contribution in [0.3, 0.4) is 0 Å². The highest BCUT2D eigenvalue weighted by Crippen LogP contribution is 2.33. The van der Waals surface area contributed by atoms with Crippen LogP contribution < -0.4 is 10.6 Å². The summed E-state index contributed by atoms with van der Waals surface area (Å²) in [4.78, 5) is 3.78. The molecule has 32 heavy (non-hydrogen) atoms. The van der Waals surface area contributed by atoms with Gasteiger partial charge >= 0.3 is 0 Å². The number of likely N-dealkylation sites (N-methyl/N-ethyl adjacent to an activating group) is 1. The molecule has 166 valence electrons. The van der Waals surface area contributed by atoms with Crippen molar-refractivity contribution in [1.29, 1.82) is 0 Å². The van der Waals surface area contributed by atoms with Crippen molar-refractivity contribution in [3.05, 3.63) is 89.5 Å². The highest BCUT2D eigenvalue weighted by Gasteiger charge is 2.19. The summed E-state index contributed by atoms with van der Waals surface area (Å²) in [6, 6.07) is 16.6. The zero-order valence-corrected chi connectivity index (χ0v) is 21.7. The van der Waals surface area contributed by atoms with E-state index < -0.39 is 0 Å². The van der Waals surface area contributed by atoms with E-state index in [0.29, 0.717) is 12.5 Å². The molecule has 0 saturated carbocycles. The van der Waals surface area contributed by atoms with Crippen molar-refractivity contribution < 1.29 is 0 Å². The van der Waals surface area contributed by atoms with Crippen LogP contribution in [0.2, 0.25) is 0 Å². The minimum atomic E-state index is 0.470. The van der Waals surface area contributed by atoms with Crippen LogP contribution in [0.15, 0.2) is 88.2 Å². The Bertz CT molecular complexity index is 1070. The van der Waals surface area contributed by atoms with Gasteiger partial charge in [-0.3, -0.25) is 0 Å². The van der Waals surface area contributed by atoms with Crippen molar-refractivity contribution in [3.63, 3.8) is 0 Å². The number of hydrogen-bond donors (Lipinski definition) is 3. The highest BCUT2D eigenvalue weighted by molar-refractivity contribution is 8.01. The van der Waals surface area contributed by atoms with Crippen molar-refractivity contribution in [2.45, 2.75) is 29.7 Å². The first-order valence-electron chi connectivity index (χ1n) is 10.5. The van der Waals surface area contributed by atoms with Gasteiger partial charge in [-0.25, -0.2) is 0 Å². The van der Waals surface area contributed by atoms with E-state index in [1.165, 1.54) is 10.5 Å².